The van der Waals surface area contributed by atoms with Gasteiger partial charge in [-0.2, -0.15) is 0 Å². The van der Waals surface area contributed by atoms with Gasteiger partial charge < -0.3 is 45.5 Å². The van der Waals surface area contributed by atoms with Crippen molar-refractivity contribution in [3.63, 3.8) is 0 Å². The number of imidazole rings is 2. The summed E-state index contributed by atoms with van der Waals surface area (Å²) in [5.41, 5.74) is 20.4. The fourth-order valence-corrected chi connectivity index (χ4v) is 9.75. The number of carbonyl (C=O) groups excluding carboxylic acids is 1. The number of nitrogens with zero attached hydrogens (tertiary/aromatic N) is 5. The Morgan fingerprint density at radius 3 is 2.39 bits per heavy atom. The van der Waals surface area contributed by atoms with Gasteiger partial charge in [-0.15, -0.1) is 0 Å². The van der Waals surface area contributed by atoms with E-state index in [1.165, 1.54) is 11.3 Å². The minimum Gasteiger partial charge on any atom is -0.469 e. The van der Waals surface area contributed by atoms with Crippen LogP contribution in [0.4, 0.5) is 0 Å². The predicted molar refractivity (Wildman–Crippen MR) is 220 cm³/mol. The lowest BCUT2D eigenvalue weighted by Crippen LogP contribution is -2.50. The Balaban J connectivity index is 1.01. The van der Waals surface area contributed by atoms with Crippen LogP contribution in [0.15, 0.2) is 48.5 Å². The number of benzene rings is 1. The van der Waals surface area contributed by atoms with Gasteiger partial charge in [-0.25, -0.2) is 9.97 Å². The Bertz CT molecular complexity index is 2170. The van der Waals surface area contributed by atoms with Crippen LogP contribution in [0.1, 0.15) is 120 Å². The second-order valence-corrected chi connectivity index (χ2v) is 17.6. The molecule has 304 valence electrons. The first-order chi connectivity index (χ1) is 27.6. The van der Waals surface area contributed by atoms with Gasteiger partial charge in [-0.05, 0) is 93.1 Å². The number of allylic oxidation sites excluding steroid dienone is 3. The van der Waals surface area contributed by atoms with E-state index in [2.05, 4.69) is 63.6 Å². The van der Waals surface area contributed by atoms with Crippen LogP contribution in [0, 0.1) is 17.8 Å². The number of aliphatic hydroxyl groups is 1. The Morgan fingerprint density at radius 1 is 0.895 bits per heavy atom. The van der Waals surface area contributed by atoms with E-state index in [0.717, 1.165) is 122 Å². The minimum atomic E-state index is -0.711. The van der Waals surface area contributed by atoms with Crippen LogP contribution in [-0.2, 0) is 14.3 Å². The molecule has 3 fully saturated rings. The standard InChI is InChI=1S/C44H59N9O4/c1-24(2)38(45)42(54)51-15-5-7-34(51)40-47-22-31(49-40)27-10-12-33-29(19-27)20-36-30-11-9-28(21-37(30)57-44(53(33)36)26-13-17-56-18-14-26)32-23-48-41(50-32)35-8-6-16-52(35)43(55)39(46)25(3)4/h10,12,19-26,34-35,38-39,42,44,54H,5-9,11,13-18,45-46H2,1-4H3,(H,47,49)(H,48,50). The van der Waals surface area contributed by atoms with E-state index in [1.807, 2.05) is 31.1 Å². The highest BCUT2D eigenvalue weighted by atomic mass is 16.5. The Hall–Kier alpha value is -4.27. The third kappa shape index (κ3) is 6.94. The molecular formula is C44H59N9O4. The van der Waals surface area contributed by atoms with Crippen molar-refractivity contribution < 1.29 is 19.4 Å². The molecule has 13 heteroatoms. The van der Waals surface area contributed by atoms with Gasteiger partial charge in [-0.3, -0.25) is 9.69 Å². The number of aromatic nitrogens is 5. The van der Waals surface area contributed by atoms with E-state index in [0.29, 0.717) is 12.5 Å². The zero-order valence-electron chi connectivity index (χ0n) is 33.8. The van der Waals surface area contributed by atoms with Crippen LogP contribution < -0.4 is 11.5 Å². The van der Waals surface area contributed by atoms with E-state index in [1.54, 1.807) is 0 Å². The highest BCUT2D eigenvalue weighted by Crippen LogP contribution is 2.47. The summed E-state index contributed by atoms with van der Waals surface area (Å²) < 4.78 is 15.3. The van der Waals surface area contributed by atoms with Crippen molar-refractivity contribution in [1.29, 1.82) is 0 Å². The normalized spacial score (nSPS) is 24.9. The zero-order chi connectivity index (χ0) is 39.5. The molecule has 0 bridgehead atoms. The molecule has 3 saturated heterocycles. The maximum absolute atomic E-state index is 13.3. The number of fused-ring (bicyclic) bond motifs is 4. The molecular weight excluding hydrogens is 719 g/mol. The van der Waals surface area contributed by atoms with Crippen molar-refractivity contribution in [2.75, 3.05) is 26.3 Å². The molecule has 0 radical (unpaired) electrons. The Labute approximate surface area is 334 Å². The molecule has 6 unspecified atom stereocenters. The van der Waals surface area contributed by atoms with E-state index in [9.17, 15) is 9.90 Å². The molecule has 5 aliphatic rings. The first-order valence-corrected chi connectivity index (χ1v) is 21.3. The van der Waals surface area contributed by atoms with Crippen LogP contribution in [0.25, 0.3) is 33.3 Å². The summed E-state index contributed by atoms with van der Waals surface area (Å²) in [5.74, 6) is 3.19. The van der Waals surface area contributed by atoms with Crippen LogP contribution in [0.5, 0.6) is 0 Å². The summed E-state index contributed by atoms with van der Waals surface area (Å²) in [6.45, 7) is 11.1. The molecule has 57 heavy (non-hydrogen) atoms. The molecule has 7 N–H and O–H groups in total. The number of H-pyrrole nitrogens is 2. The summed E-state index contributed by atoms with van der Waals surface area (Å²) >= 11 is 0. The molecule has 7 heterocycles. The highest BCUT2D eigenvalue weighted by molar-refractivity contribution is 5.91. The third-order valence-corrected chi connectivity index (χ3v) is 13.3. The first-order valence-electron chi connectivity index (χ1n) is 21.3. The number of rotatable bonds is 10. The molecule has 1 aromatic carbocycles. The van der Waals surface area contributed by atoms with Crippen LogP contribution >= 0.6 is 0 Å². The molecule has 1 amide bonds. The first kappa shape index (κ1) is 38.3. The number of ether oxygens (including phenoxy) is 2. The van der Waals surface area contributed by atoms with E-state index in [-0.39, 0.29) is 42.1 Å². The quantitative estimate of drug-likeness (QED) is 0.122. The second kappa shape index (κ2) is 15.5. The van der Waals surface area contributed by atoms with Crippen molar-refractivity contribution in [3.8, 4) is 11.3 Å². The highest BCUT2D eigenvalue weighted by Gasteiger charge is 2.39. The number of aromatic amines is 2. The average molecular weight is 778 g/mol. The van der Waals surface area contributed by atoms with Crippen molar-refractivity contribution in [3.05, 3.63) is 71.5 Å². The number of amides is 1. The van der Waals surface area contributed by atoms with Gasteiger partial charge in [0, 0.05) is 54.8 Å². The largest absolute Gasteiger partial charge is 0.469 e. The second-order valence-electron chi connectivity index (χ2n) is 17.6. The molecule has 3 aromatic heterocycles. The SMILES string of the molecule is CC(C)C(N)C(=O)N1CCCC1c1ncc(C2=CC3=C(CC2)c2cc4cc(-c5cnc(C6CCCN6C(O)C(N)C(C)C)[nH]5)ccc4n2C(C2CCOCC2)O3)[nH]1. The summed E-state index contributed by atoms with van der Waals surface area (Å²) in [5, 5.41) is 12.3. The summed E-state index contributed by atoms with van der Waals surface area (Å²) in [6.07, 6.45) is 12.5. The summed E-state index contributed by atoms with van der Waals surface area (Å²) in [4.78, 5) is 34.2. The molecule has 1 aliphatic carbocycles. The van der Waals surface area contributed by atoms with Gasteiger partial charge in [0.25, 0.3) is 0 Å². The van der Waals surface area contributed by atoms with E-state index in [4.69, 9.17) is 30.9 Å². The van der Waals surface area contributed by atoms with Crippen molar-refractivity contribution in [1.82, 2.24) is 34.3 Å². The fourth-order valence-electron chi connectivity index (χ4n) is 9.75. The molecule has 0 spiro atoms. The van der Waals surface area contributed by atoms with Crippen LogP contribution in [0.2, 0.25) is 0 Å². The van der Waals surface area contributed by atoms with Gasteiger partial charge >= 0.3 is 0 Å². The van der Waals surface area contributed by atoms with Gasteiger partial charge in [0.1, 0.15) is 23.6 Å². The lowest BCUT2D eigenvalue weighted by Gasteiger charge is -2.38. The number of aliphatic hydroxyl groups excluding tert-OH is 1. The number of likely N-dealkylation sites (tertiary alicyclic amines) is 2. The van der Waals surface area contributed by atoms with Crippen molar-refractivity contribution >= 4 is 28.0 Å². The molecule has 9 rings (SSSR count). The molecule has 4 aliphatic heterocycles. The van der Waals surface area contributed by atoms with E-state index >= 15 is 0 Å². The van der Waals surface area contributed by atoms with Gasteiger partial charge in [0.05, 0.1) is 53.1 Å². The Kier molecular flexibility index (Phi) is 10.4. The number of hydrogen-bond acceptors (Lipinski definition) is 9. The number of nitrogens with one attached hydrogen (secondary N) is 2. The molecule has 13 nitrogen and oxygen atoms in total. The minimum absolute atomic E-state index is 0.000326. The number of carbonyl (C=O) groups is 1. The summed E-state index contributed by atoms with van der Waals surface area (Å²) in [6, 6.07) is 8.08. The van der Waals surface area contributed by atoms with Gasteiger partial charge in [0.2, 0.25) is 5.91 Å². The Morgan fingerprint density at radius 2 is 1.61 bits per heavy atom. The predicted octanol–water partition coefficient (Wildman–Crippen LogP) is 6.38. The molecule has 0 saturated carbocycles. The lowest BCUT2D eigenvalue weighted by atomic mass is 9.91. The van der Waals surface area contributed by atoms with Crippen LogP contribution in [-0.4, -0.2) is 89.9 Å². The van der Waals surface area contributed by atoms with Crippen LogP contribution in [0.3, 0.4) is 0 Å². The maximum atomic E-state index is 13.3. The zero-order valence-corrected chi connectivity index (χ0v) is 33.8. The lowest BCUT2D eigenvalue weighted by molar-refractivity contribution is -0.134. The third-order valence-electron chi connectivity index (χ3n) is 13.3. The fraction of sp³-hybridized carbons (Fsp3) is 0.568. The molecule has 4 aromatic rings. The van der Waals surface area contributed by atoms with E-state index < -0.39 is 12.3 Å². The number of hydrogen-bond donors (Lipinski definition) is 5. The average Bonchev–Trinajstić information content (AvgIpc) is 4.08. The molecule has 6 atom stereocenters. The smallest absolute Gasteiger partial charge is 0.240 e. The monoisotopic (exact) mass is 777 g/mol. The van der Waals surface area contributed by atoms with Gasteiger partial charge in [0.15, 0.2) is 6.23 Å². The maximum Gasteiger partial charge on any atom is 0.240 e. The number of nitrogens with two attached hydrogens (primary N) is 2. The van der Waals surface area contributed by atoms with Crippen molar-refractivity contribution in [2.45, 2.75) is 116 Å². The van der Waals surface area contributed by atoms with Gasteiger partial charge in [-0.1, -0.05) is 33.8 Å². The topological polar surface area (TPSA) is 177 Å². The van der Waals surface area contributed by atoms with Crippen molar-refractivity contribution in [2.24, 2.45) is 29.2 Å². The summed E-state index contributed by atoms with van der Waals surface area (Å²) in [7, 11) is 0.